The van der Waals surface area contributed by atoms with Crippen molar-refractivity contribution in [1.82, 2.24) is 9.97 Å². The number of rotatable bonds is 2. The van der Waals surface area contributed by atoms with Crippen LogP contribution in [-0.4, -0.2) is 15.8 Å². The van der Waals surface area contributed by atoms with Gasteiger partial charge < -0.3 is 0 Å². The van der Waals surface area contributed by atoms with Crippen LogP contribution in [0.25, 0.3) is 10.9 Å². The Morgan fingerprint density at radius 1 is 1.00 bits per heavy atom. The third-order valence-electron chi connectivity index (χ3n) is 3.63. The van der Waals surface area contributed by atoms with Crippen LogP contribution in [0.3, 0.4) is 0 Å². The van der Waals surface area contributed by atoms with Gasteiger partial charge in [-0.25, -0.2) is 0 Å². The molecular weight excluding hydrogens is 272 g/mol. The molecule has 0 radical (unpaired) electrons. The van der Waals surface area contributed by atoms with Crippen molar-refractivity contribution in [1.29, 1.82) is 0 Å². The molecule has 0 fully saturated rings. The minimum absolute atomic E-state index is 0.0651. The van der Waals surface area contributed by atoms with Gasteiger partial charge in [0.15, 0.2) is 0 Å². The second kappa shape index (κ2) is 5.34. The van der Waals surface area contributed by atoms with E-state index in [9.17, 15) is 4.79 Å². The molecule has 0 aliphatic rings. The monoisotopic (exact) mass is 290 g/mol. The molecular formula is C19H18N2O. The second-order valence-corrected chi connectivity index (χ2v) is 6.37. The summed E-state index contributed by atoms with van der Waals surface area (Å²) in [6.45, 7) is 6.29. The van der Waals surface area contributed by atoms with Gasteiger partial charge in [-0.05, 0) is 24.3 Å². The van der Waals surface area contributed by atoms with Gasteiger partial charge in [0.1, 0.15) is 5.69 Å². The van der Waals surface area contributed by atoms with Gasteiger partial charge in [-0.15, -0.1) is 0 Å². The van der Waals surface area contributed by atoms with Crippen molar-refractivity contribution in [2.75, 3.05) is 0 Å². The molecule has 0 unspecified atom stereocenters. The lowest BCUT2D eigenvalue weighted by Crippen LogP contribution is -2.16. The summed E-state index contributed by atoms with van der Waals surface area (Å²) in [4.78, 5) is 21.7. The van der Waals surface area contributed by atoms with Crippen molar-refractivity contribution in [3.63, 3.8) is 0 Å². The first-order chi connectivity index (χ1) is 10.5. The molecule has 0 aliphatic heterocycles. The molecule has 3 heteroatoms. The highest BCUT2D eigenvalue weighted by Gasteiger charge is 2.21. The van der Waals surface area contributed by atoms with E-state index in [-0.39, 0.29) is 11.2 Å². The van der Waals surface area contributed by atoms with E-state index in [2.05, 4.69) is 25.8 Å². The first-order valence-corrected chi connectivity index (χ1v) is 7.33. The molecule has 3 aromatic rings. The number of aromatic nitrogens is 2. The molecule has 0 saturated carbocycles. The molecule has 0 aliphatic carbocycles. The lowest BCUT2D eigenvalue weighted by molar-refractivity contribution is 0.103. The molecule has 110 valence electrons. The summed E-state index contributed by atoms with van der Waals surface area (Å²) >= 11 is 0. The third kappa shape index (κ3) is 2.62. The van der Waals surface area contributed by atoms with Crippen LogP contribution < -0.4 is 0 Å². The number of hydrogen-bond donors (Lipinski definition) is 0. The van der Waals surface area contributed by atoms with Crippen molar-refractivity contribution >= 4 is 16.7 Å². The van der Waals surface area contributed by atoms with Crippen molar-refractivity contribution in [3.8, 4) is 0 Å². The highest BCUT2D eigenvalue weighted by Crippen LogP contribution is 2.27. The summed E-state index contributed by atoms with van der Waals surface area (Å²) in [6.07, 6.45) is 1.64. The third-order valence-corrected chi connectivity index (χ3v) is 3.63. The van der Waals surface area contributed by atoms with Gasteiger partial charge in [-0.1, -0.05) is 45.0 Å². The lowest BCUT2D eigenvalue weighted by atomic mass is 9.89. The van der Waals surface area contributed by atoms with E-state index in [0.29, 0.717) is 11.3 Å². The Hall–Kier alpha value is -2.55. The summed E-state index contributed by atoms with van der Waals surface area (Å²) in [5.74, 6) is -0.0651. The van der Waals surface area contributed by atoms with Crippen LogP contribution in [0.2, 0.25) is 0 Å². The topological polar surface area (TPSA) is 42.9 Å². The first kappa shape index (κ1) is 14.4. The number of fused-ring (bicyclic) bond motifs is 1. The smallest absolute Gasteiger partial charge is 0.212 e. The highest BCUT2D eigenvalue weighted by atomic mass is 16.1. The van der Waals surface area contributed by atoms with Crippen LogP contribution >= 0.6 is 0 Å². The maximum atomic E-state index is 12.8. The lowest BCUT2D eigenvalue weighted by Gasteiger charge is -2.19. The Morgan fingerprint density at radius 2 is 1.73 bits per heavy atom. The molecule has 0 N–H and O–H groups in total. The fourth-order valence-corrected chi connectivity index (χ4v) is 2.38. The van der Waals surface area contributed by atoms with Gasteiger partial charge >= 0.3 is 0 Å². The normalized spacial score (nSPS) is 11.6. The number of nitrogens with zero attached hydrogens (tertiary/aromatic N) is 2. The minimum Gasteiger partial charge on any atom is -0.287 e. The SMILES string of the molecule is CC(C)(C)c1cc(C(=O)c2ccccn2)c2ccccc2n1. The second-order valence-electron chi connectivity index (χ2n) is 6.37. The number of carbonyl (C=O) groups is 1. The van der Waals surface area contributed by atoms with E-state index in [1.807, 2.05) is 42.5 Å². The molecule has 3 nitrogen and oxygen atoms in total. The standard InChI is InChI=1S/C19H18N2O/c1-19(2,3)17-12-14(13-8-4-5-9-15(13)21-17)18(22)16-10-6-7-11-20-16/h4-12H,1-3H3. The summed E-state index contributed by atoms with van der Waals surface area (Å²) in [5.41, 5.74) is 2.75. The van der Waals surface area contributed by atoms with Gasteiger partial charge in [0.2, 0.25) is 5.78 Å². The van der Waals surface area contributed by atoms with Crippen LogP contribution in [0.15, 0.2) is 54.7 Å². The predicted octanol–water partition coefficient (Wildman–Crippen LogP) is 4.16. The van der Waals surface area contributed by atoms with Crippen LogP contribution in [0.1, 0.15) is 42.5 Å². The van der Waals surface area contributed by atoms with Crippen LogP contribution in [0.4, 0.5) is 0 Å². The van der Waals surface area contributed by atoms with Crippen LogP contribution in [0.5, 0.6) is 0 Å². The fourth-order valence-electron chi connectivity index (χ4n) is 2.38. The quantitative estimate of drug-likeness (QED) is 0.666. The maximum Gasteiger partial charge on any atom is 0.212 e. The van der Waals surface area contributed by atoms with Gasteiger partial charge in [0, 0.05) is 28.3 Å². The van der Waals surface area contributed by atoms with E-state index in [0.717, 1.165) is 16.6 Å². The zero-order valence-electron chi connectivity index (χ0n) is 13.0. The number of ketones is 1. The van der Waals surface area contributed by atoms with E-state index in [4.69, 9.17) is 4.98 Å². The van der Waals surface area contributed by atoms with Crippen molar-refractivity contribution in [3.05, 3.63) is 71.7 Å². The zero-order chi connectivity index (χ0) is 15.7. The Bertz CT molecular complexity index is 833. The number of hydrogen-bond acceptors (Lipinski definition) is 3. The van der Waals surface area contributed by atoms with Gasteiger partial charge in [0.25, 0.3) is 0 Å². The van der Waals surface area contributed by atoms with E-state index in [1.165, 1.54) is 0 Å². The van der Waals surface area contributed by atoms with Gasteiger partial charge in [-0.3, -0.25) is 14.8 Å². The highest BCUT2D eigenvalue weighted by molar-refractivity contribution is 6.15. The van der Waals surface area contributed by atoms with Crippen LogP contribution in [0, 0.1) is 0 Å². The van der Waals surface area contributed by atoms with E-state index in [1.54, 1.807) is 12.3 Å². The number of pyridine rings is 2. The molecule has 0 bridgehead atoms. The average Bonchev–Trinajstić information content (AvgIpc) is 2.53. The molecule has 0 atom stereocenters. The largest absolute Gasteiger partial charge is 0.287 e. The van der Waals surface area contributed by atoms with E-state index >= 15 is 0 Å². The minimum atomic E-state index is -0.122. The van der Waals surface area contributed by atoms with Crippen molar-refractivity contribution in [2.24, 2.45) is 0 Å². The molecule has 3 rings (SSSR count). The van der Waals surface area contributed by atoms with Crippen molar-refractivity contribution < 1.29 is 4.79 Å². The predicted molar refractivity (Wildman–Crippen MR) is 88.1 cm³/mol. The summed E-state index contributed by atoms with van der Waals surface area (Å²) in [7, 11) is 0. The first-order valence-electron chi connectivity index (χ1n) is 7.33. The van der Waals surface area contributed by atoms with Crippen LogP contribution in [-0.2, 0) is 5.41 Å². The fraction of sp³-hybridized carbons (Fsp3) is 0.211. The summed E-state index contributed by atoms with van der Waals surface area (Å²) in [6, 6.07) is 15.0. The zero-order valence-corrected chi connectivity index (χ0v) is 13.0. The van der Waals surface area contributed by atoms with Crippen molar-refractivity contribution in [2.45, 2.75) is 26.2 Å². The molecule has 0 amide bonds. The molecule has 22 heavy (non-hydrogen) atoms. The van der Waals surface area contributed by atoms with Gasteiger partial charge in [0.05, 0.1) is 5.52 Å². The Morgan fingerprint density at radius 3 is 2.41 bits per heavy atom. The molecule has 1 aromatic carbocycles. The number of carbonyl (C=O) groups excluding carboxylic acids is 1. The Kier molecular flexibility index (Phi) is 3.49. The molecule has 0 saturated heterocycles. The Labute approximate surface area is 130 Å². The van der Waals surface area contributed by atoms with Gasteiger partial charge in [-0.2, -0.15) is 0 Å². The number of para-hydroxylation sites is 1. The summed E-state index contributed by atoms with van der Waals surface area (Å²) in [5, 5.41) is 0.867. The average molecular weight is 290 g/mol. The maximum absolute atomic E-state index is 12.8. The summed E-state index contributed by atoms with van der Waals surface area (Å²) < 4.78 is 0. The Balaban J connectivity index is 2.25. The van der Waals surface area contributed by atoms with E-state index < -0.39 is 0 Å². The molecule has 2 aromatic heterocycles. The molecule has 2 heterocycles. The molecule has 0 spiro atoms. The number of benzene rings is 1.